The second-order valence-corrected chi connectivity index (χ2v) is 7.25. The number of carbonyl (C=O) groups is 2. The Morgan fingerprint density at radius 3 is 2.73 bits per heavy atom. The van der Waals surface area contributed by atoms with Crippen LogP contribution in [0, 0.1) is 0 Å². The molecule has 1 fully saturated rings. The van der Waals surface area contributed by atoms with Crippen LogP contribution in [0.25, 0.3) is 0 Å². The van der Waals surface area contributed by atoms with Gasteiger partial charge < -0.3 is 19.9 Å². The van der Waals surface area contributed by atoms with Gasteiger partial charge in [-0.2, -0.15) is 0 Å². The Balaban J connectivity index is 1.72. The van der Waals surface area contributed by atoms with Crippen LogP contribution in [0.3, 0.4) is 0 Å². The van der Waals surface area contributed by atoms with Gasteiger partial charge in [-0.1, -0.05) is 19.3 Å². The van der Waals surface area contributed by atoms with E-state index >= 15 is 0 Å². The molecule has 3 rings (SSSR count). The van der Waals surface area contributed by atoms with Crippen LogP contribution in [0.4, 0.5) is 0 Å². The van der Waals surface area contributed by atoms with Crippen LogP contribution in [-0.2, 0) is 17.7 Å². The number of carbonyl (C=O) groups excluding carboxylic acids is 2. The van der Waals surface area contributed by atoms with Gasteiger partial charge in [0.05, 0.1) is 5.69 Å². The average Bonchev–Trinajstić information content (AvgIpc) is 3.06. The molecule has 2 aliphatic rings. The van der Waals surface area contributed by atoms with Gasteiger partial charge in [0.2, 0.25) is 0 Å². The summed E-state index contributed by atoms with van der Waals surface area (Å²) in [5, 5.41) is 6.02. The quantitative estimate of drug-likeness (QED) is 0.727. The number of rotatable bonds is 7. The minimum absolute atomic E-state index is 0.140. The van der Waals surface area contributed by atoms with Crippen LogP contribution in [0.15, 0.2) is 0 Å². The first-order valence-electron chi connectivity index (χ1n) is 9.88. The number of aromatic nitrogens is 2. The number of ether oxygens (including phenoxy) is 1. The molecule has 7 heteroatoms. The van der Waals surface area contributed by atoms with Gasteiger partial charge in [0.15, 0.2) is 5.82 Å². The van der Waals surface area contributed by atoms with Crippen LogP contribution >= 0.6 is 0 Å². The minimum Gasteiger partial charge on any atom is -0.385 e. The third-order valence-corrected chi connectivity index (χ3v) is 5.29. The van der Waals surface area contributed by atoms with Crippen LogP contribution in [-0.4, -0.2) is 47.7 Å². The molecule has 0 saturated heterocycles. The van der Waals surface area contributed by atoms with Gasteiger partial charge in [-0.15, -0.1) is 0 Å². The predicted octanol–water partition coefficient (Wildman–Crippen LogP) is 2.05. The average molecular weight is 362 g/mol. The van der Waals surface area contributed by atoms with Crippen LogP contribution in [0.2, 0.25) is 0 Å². The van der Waals surface area contributed by atoms with Gasteiger partial charge in [-0.3, -0.25) is 9.59 Å². The summed E-state index contributed by atoms with van der Waals surface area (Å²) in [5.74, 6) is 0.0641. The molecule has 144 valence electrons. The zero-order valence-corrected chi connectivity index (χ0v) is 15.7. The number of fused-ring (bicyclic) bond motifs is 1. The minimum atomic E-state index is -0.191. The van der Waals surface area contributed by atoms with E-state index < -0.39 is 0 Å². The lowest BCUT2D eigenvalue weighted by atomic mass is 9.95. The Morgan fingerprint density at radius 1 is 1.15 bits per heavy atom. The maximum atomic E-state index is 12.8. The molecule has 0 unspecified atom stereocenters. The molecule has 26 heavy (non-hydrogen) atoms. The molecule has 7 nitrogen and oxygen atoms in total. The first-order valence-corrected chi connectivity index (χ1v) is 9.88. The van der Waals surface area contributed by atoms with Crippen molar-refractivity contribution in [2.24, 2.45) is 0 Å². The van der Waals surface area contributed by atoms with Crippen molar-refractivity contribution in [3.05, 3.63) is 17.2 Å². The zero-order chi connectivity index (χ0) is 18.4. The van der Waals surface area contributed by atoms with Crippen molar-refractivity contribution in [1.29, 1.82) is 0 Å². The van der Waals surface area contributed by atoms with E-state index in [9.17, 15) is 9.59 Å². The summed E-state index contributed by atoms with van der Waals surface area (Å²) in [6, 6.07) is 0.235. The molecule has 1 aliphatic carbocycles. The van der Waals surface area contributed by atoms with Crippen LogP contribution in [0.5, 0.6) is 0 Å². The monoisotopic (exact) mass is 362 g/mol. The summed E-state index contributed by atoms with van der Waals surface area (Å²) < 4.78 is 6.95. The van der Waals surface area contributed by atoms with Crippen molar-refractivity contribution in [1.82, 2.24) is 20.2 Å². The second kappa shape index (κ2) is 9.16. The first-order chi connectivity index (χ1) is 12.7. The largest absolute Gasteiger partial charge is 0.385 e. The third-order valence-electron chi connectivity index (χ3n) is 5.29. The van der Waals surface area contributed by atoms with Crippen molar-refractivity contribution >= 4 is 11.8 Å². The fourth-order valence-corrected chi connectivity index (χ4v) is 3.90. The number of imidazole rings is 1. The van der Waals surface area contributed by atoms with E-state index in [1.165, 1.54) is 19.3 Å². The number of nitrogens with one attached hydrogen (secondary N) is 2. The molecule has 0 atom stereocenters. The Bertz CT molecular complexity index is 635. The number of hydrogen-bond donors (Lipinski definition) is 2. The predicted molar refractivity (Wildman–Crippen MR) is 98.3 cm³/mol. The molecular weight excluding hydrogens is 332 g/mol. The summed E-state index contributed by atoms with van der Waals surface area (Å²) in [4.78, 5) is 29.8. The Kier molecular flexibility index (Phi) is 6.66. The van der Waals surface area contributed by atoms with Gasteiger partial charge in [0, 0.05) is 32.8 Å². The Hall–Kier alpha value is -1.89. The number of amides is 2. The summed E-state index contributed by atoms with van der Waals surface area (Å²) >= 11 is 0. The SMILES string of the molecule is COCCCNC(=O)c1nc(C(=O)NC2CCCCC2)n2c1CCCC2. The third kappa shape index (κ3) is 4.44. The summed E-state index contributed by atoms with van der Waals surface area (Å²) in [7, 11) is 1.64. The zero-order valence-electron chi connectivity index (χ0n) is 15.7. The lowest BCUT2D eigenvalue weighted by molar-refractivity contribution is 0.0911. The van der Waals surface area contributed by atoms with E-state index in [1.807, 2.05) is 4.57 Å². The van der Waals surface area contributed by atoms with E-state index in [0.717, 1.165) is 50.8 Å². The highest BCUT2D eigenvalue weighted by molar-refractivity contribution is 5.97. The number of hydrogen-bond acceptors (Lipinski definition) is 4. The van der Waals surface area contributed by atoms with Crippen molar-refractivity contribution in [3.8, 4) is 0 Å². The van der Waals surface area contributed by atoms with Crippen molar-refractivity contribution in [2.45, 2.75) is 70.4 Å². The molecule has 0 radical (unpaired) electrons. The number of nitrogens with zero attached hydrogens (tertiary/aromatic N) is 2. The van der Waals surface area contributed by atoms with Crippen LogP contribution in [0.1, 0.15) is 78.2 Å². The highest BCUT2D eigenvalue weighted by Gasteiger charge is 2.28. The molecule has 2 N–H and O–H groups in total. The van der Waals surface area contributed by atoms with E-state index in [2.05, 4.69) is 15.6 Å². The number of methoxy groups -OCH3 is 1. The van der Waals surface area contributed by atoms with Gasteiger partial charge >= 0.3 is 0 Å². The highest BCUT2D eigenvalue weighted by atomic mass is 16.5. The topological polar surface area (TPSA) is 85.2 Å². The molecule has 0 aromatic carbocycles. The summed E-state index contributed by atoms with van der Waals surface area (Å²) in [6.45, 7) is 1.91. The molecule has 0 bridgehead atoms. The maximum Gasteiger partial charge on any atom is 0.287 e. The molecule has 1 aliphatic heterocycles. The lowest BCUT2D eigenvalue weighted by Crippen LogP contribution is -2.37. The van der Waals surface area contributed by atoms with E-state index in [4.69, 9.17) is 4.74 Å². The smallest absolute Gasteiger partial charge is 0.287 e. The lowest BCUT2D eigenvalue weighted by Gasteiger charge is -2.23. The summed E-state index contributed by atoms with van der Waals surface area (Å²) in [6.07, 6.45) is 9.25. The molecule has 1 aromatic heterocycles. The molecular formula is C19H30N4O3. The summed E-state index contributed by atoms with van der Waals surface area (Å²) in [5.41, 5.74) is 1.31. The maximum absolute atomic E-state index is 12.8. The standard InChI is InChI=1S/C19H30N4O3/c1-26-13-7-11-20-18(24)16-15-10-5-6-12-23(15)17(22-16)19(25)21-14-8-3-2-4-9-14/h14H,2-13H2,1H3,(H,20,24)(H,21,25). The van der Waals surface area contributed by atoms with E-state index in [1.54, 1.807) is 7.11 Å². The molecule has 0 spiro atoms. The fraction of sp³-hybridized carbons (Fsp3) is 0.737. The molecule has 2 heterocycles. The van der Waals surface area contributed by atoms with Crippen LogP contribution < -0.4 is 10.6 Å². The normalized spacial score (nSPS) is 17.6. The van der Waals surface area contributed by atoms with Crippen molar-refractivity contribution < 1.29 is 14.3 Å². The van der Waals surface area contributed by atoms with Gasteiger partial charge in [-0.05, 0) is 38.5 Å². The van der Waals surface area contributed by atoms with Gasteiger partial charge in [0.25, 0.3) is 11.8 Å². The fourth-order valence-electron chi connectivity index (χ4n) is 3.90. The molecule has 1 saturated carbocycles. The Morgan fingerprint density at radius 2 is 1.96 bits per heavy atom. The highest BCUT2D eigenvalue weighted by Crippen LogP contribution is 2.22. The molecule has 1 aromatic rings. The Labute approximate surface area is 154 Å². The molecule has 2 amide bonds. The van der Waals surface area contributed by atoms with E-state index in [0.29, 0.717) is 24.7 Å². The van der Waals surface area contributed by atoms with Crippen molar-refractivity contribution in [3.63, 3.8) is 0 Å². The second-order valence-electron chi connectivity index (χ2n) is 7.25. The van der Waals surface area contributed by atoms with Gasteiger partial charge in [0.1, 0.15) is 5.69 Å². The van der Waals surface area contributed by atoms with Gasteiger partial charge in [-0.25, -0.2) is 4.98 Å². The first kappa shape index (κ1) is 18.9. The van der Waals surface area contributed by atoms with E-state index in [-0.39, 0.29) is 17.9 Å². The van der Waals surface area contributed by atoms with Crippen molar-refractivity contribution in [2.75, 3.05) is 20.3 Å².